The Balaban J connectivity index is 1.65. The Hall–Kier alpha value is -1.65. The van der Waals surface area contributed by atoms with Crippen molar-refractivity contribution in [1.29, 1.82) is 0 Å². The molecule has 3 rings (SSSR count). The second-order valence-corrected chi connectivity index (χ2v) is 5.20. The predicted molar refractivity (Wildman–Crippen MR) is 69.8 cm³/mol. The van der Waals surface area contributed by atoms with Gasteiger partial charge in [-0.2, -0.15) is 0 Å². The number of benzene rings is 1. The maximum Gasteiger partial charge on any atom is 0.192 e. The van der Waals surface area contributed by atoms with E-state index in [2.05, 4.69) is 15.6 Å². The Bertz CT molecular complexity index is 485. The van der Waals surface area contributed by atoms with Crippen LogP contribution in [0, 0.1) is 11.6 Å². The highest BCUT2D eigenvalue weighted by Crippen LogP contribution is 2.21. The van der Waals surface area contributed by atoms with Crippen molar-refractivity contribution in [2.75, 3.05) is 0 Å². The van der Waals surface area contributed by atoms with Gasteiger partial charge in [0.15, 0.2) is 17.6 Å². The van der Waals surface area contributed by atoms with Gasteiger partial charge in [-0.15, -0.1) is 0 Å². The molecule has 102 valence electrons. The first-order valence-electron chi connectivity index (χ1n) is 6.74. The van der Waals surface area contributed by atoms with Gasteiger partial charge in [-0.3, -0.25) is 0 Å². The molecule has 0 bridgehead atoms. The molecule has 0 spiro atoms. The van der Waals surface area contributed by atoms with E-state index in [0.29, 0.717) is 24.2 Å². The minimum absolute atomic E-state index is 0.353. The standard InChI is InChI=1S/C14H17F2N3/c15-10-6-5-9(7-11(10)16)8-17-14-18-12-3-1-2-4-13(12)19-14/h5-7,12-13H,1-4,8H2,(H2,17,18,19). The number of nitrogens with zero attached hydrogens (tertiary/aromatic N) is 1. The Kier molecular flexibility index (Phi) is 3.36. The molecule has 1 heterocycles. The molecule has 2 fully saturated rings. The van der Waals surface area contributed by atoms with E-state index in [0.717, 1.165) is 12.0 Å². The molecule has 1 aromatic rings. The second kappa shape index (κ2) is 5.15. The molecule has 2 atom stereocenters. The van der Waals surface area contributed by atoms with E-state index in [4.69, 9.17) is 0 Å². The predicted octanol–water partition coefficient (Wildman–Crippen LogP) is 2.32. The second-order valence-electron chi connectivity index (χ2n) is 5.20. The van der Waals surface area contributed by atoms with E-state index in [9.17, 15) is 8.78 Å². The molecule has 3 nitrogen and oxygen atoms in total. The van der Waals surface area contributed by atoms with Gasteiger partial charge < -0.3 is 10.6 Å². The fourth-order valence-electron chi connectivity index (χ4n) is 2.77. The summed E-state index contributed by atoms with van der Waals surface area (Å²) < 4.78 is 25.9. The van der Waals surface area contributed by atoms with Crippen molar-refractivity contribution in [1.82, 2.24) is 10.6 Å². The molecule has 1 saturated carbocycles. The highest BCUT2D eigenvalue weighted by atomic mass is 19.2. The summed E-state index contributed by atoms with van der Waals surface area (Å²) in [6, 6.07) is 4.83. The van der Waals surface area contributed by atoms with Crippen LogP contribution >= 0.6 is 0 Å². The largest absolute Gasteiger partial charge is 0.352 e. The molecule has 2 unspecified atom stereocenters. The first-order chi connectivity index (χ1) is 9.22. The van der Waals surface area contributed by atoms with E-state index < -0.39 is 11.6 Å². The molecule has 19 heavy (non-hydrogen) atoms. The molecular formula is C14H17F2N3. The first-order valence-corrected chi connectivity index (χ1v) is 6.74. The maximum absolute atomic E-state index is 13.1. The van der Waals surface area contributed by atoms with Gasteiger partial charge >= 0.3 is 0 Å². The monoisotopic (exact) mass is 265 g/mol. The van der Waals surface area contributed by atoms with Gasteiger partial charge in [-0.1, -0.05) is 18.9 Å². The summed E-state index contributed by atoms with van der Waals surface area (Å²) in [5.74, 6) is -0.861. The lowest BCUT2D eigenvalue weighted by atomic mass is 9.92. The number of fused-ring (bicyclic) bond motifs is 1. The Morgan fingerprint density at radius 2 is 1.74 bits per heavy atom. The third kappa shape index (κ3) is 2.69. The highest BCUT2D eigenvalue weighted by Gasteiger charge is 2.31. The smallest absolute Gasteiger partial charge is 0.192 e. The van der Waals surface area contributed by atoms with Gasteiger partial charge in [0.2, 0.25) is 0 Å². The normalized spacial score (nSPS) is 25.5. The first kappa shape index (κ1) is 12.4. The van der Waals surface area contributed by atoms with Crippen LogP contribution in [0.2, 0.25) is 0 Å². The molecule has 0 radical (unpaired) electrons. The SMILES string of the molecule is Fc1ccc(CN=C2NC3CCCCC3N2)cc1F. The maximum atomic E-state index is 13.1. The van der Waals surface area contributed by atoms with Crippen LogP contribution < -0.4 is 10.6 Å². The Labute approximate surface area is 111 Å². The van der Waals surface area contributed by atoms with Crippen LogP contribution in [0.1, 0.15) is 31.2 Å². The van der Waals surface area contributed by atoms with Crippen molar-refractivity contribution in [3.63, 3.8) is 0 Å². The molecule has 0 aromatic heterocycles. The fraction of sp³-hybridized carbons (Fsp3) is 0.500. The average Bonchev–Trinajstić information content (AvgIpc) is 2.83. The van der Waals surface area contributed by atoms with Gasteiger partial charge in [0.1, 0.15) is 0 Å². The molecular weight excluding hydrogens is 248 g/mol. The number of hydrogen-bond donors (Lipinski definition) is 2. The molecule has 2 aliphatic rings. The highest BCUT2D eigenvalue weighted by molar-refractivity contribution is 5.82. The van der Waals surface area contributed by atoms with Crippen molar-refractivity contribution in [2.45, 2.75) is 44.3 Å². The lowest BCUT2D eigenvalue weighted by Gasteiger charge is -2.23. The number of nitrogens with one attached hydrogen (secondary N) is 2. The van der Waals surface area contributed by atoms with Crippen molar-refractivity contribution < 1.29 is 8.78 Å². The van der Waals surface area contributed by atoms with E-state index in [1.54, 1.807) is 6.07 Å². The van der Waals surface area contributed by atoms with Crippen molar-refractivity contribution >= 4 is 5.96 Å². The average molecular weight is 265 g/mol. The van der Waals surface area contributed by atoms with Crippen LogP contribution in [0.25, 0.3) is 0 Å². The van der Waals surface area contributed by atoms with Crippen LogP contribution in [0.3, 0.4) is 0 Å². The summed E-state index contributed by atoms with van der Waals surface area (Å²) in [7, 11) is 0. The van der Waals surface area contributed by atoms with Crippen LogP contribution in [0.15, 0.2) is 23.2 Å². The van der Waals surface area contributed by atoms with Crippen molar-refractivity contribution in [2.24, 2.45) is 4.99 Å². The fourth-order valence-corrected chi connectivity index (χ4v) is 2.77. The summed E-state index contributed by atoms with van der Waals surface area (Å²) in [6.45, 7) is 0.353. The molecule has 5 heteroatoms. The van der Waals surface area contributed by atoms with Gasteiger partial charge in [0.05, 0.1) is 6.54 Å². The van der Waals surface area contributed by atoms with E-state index in [-0.39, 0.29) is 0 Å². The minimum atomic E-state index is -0.821. The third-order valence-corrected chi connectivity index (χ3v) is 3.81. The van der Waals surface area contributed by atoms with Crippen LogP contribution in [-0.2, 0) is 6.54 Å². The minimum Gasteiger partial charge on any atom is -0.352 e. The zero-order chi connectivity index (χ0) is 13.2. The zero-order valence-corrected chi connectivity index (χ0v) is 10.6. The number of halogens is 2. The quantitative estimate of drug-likeness (QED) is 0.861. The van der Waals surface area contributed by atoms with E-state index in [1.165, 1.54) is 31.7 Å². The Morgan fingerprint density at radius 1 is 1.05 bits per heavy atom. The van der Waals surface area contributed by atoms with Crippen molar-refractivity contribution in [3.05, 3.63) is 35.4 Å². The molecule has 1 aliphatic carbocycles. The zero-order valence-electron chi connectivity index (χ0n) is 10.6. The van der Waals surface area contributed by atoms with Gasteiger partial charge in [0, 0.05) is 12.1 Å². The van der Waals surface area contributed by atoms with Gasteiger partial charge in [0.25, 0.3) is 0 Å². The van der Waals surface area contributed by atoms with E-state index >= 15 is 0 Å². The number of aliphatic imine (C=N–C) groups is 1. The Morgan fingerprint density at radius 3 is 2.37 bits per heavy atom. The number of rotatable bonds is 2. The van der Waals surface area contributed by atoms with Gasteiger partial charge in [-0.05, 0) is 30.5 Å². The topological polar surface area (TPSA) is 36.4 Å². The molecule has 1 aromatic carbocycles. The molecule has 0 amide bonds. The number of guanidine groups is 1. The summed E-state index contributed by atoms with van der Waals surface area (Å²) >= 11 is 0. The van der Waals surface area contributed by atoms with Gasteiger partial charge in [-0.25, -0.2) is 13.8 Å². The van der Waals surface area contributed by atoms with Crippen molar-refractivity contribution in [3.8, 4) is 0 Å². The van der Waals surface area contributed by atoms with Crippen LogP contribution in [-0.4, -0.2) is 18.0 Å². The molecule has 2 N–H and O–H groups in total. The summed E-state index contributed by atoms with van der Waals surface area (Å²) in [5.41, 5.74) is 0.671. The van der Waals surface area contributed by atoms with Crippen LogP contribution in [0.4, 0.5) is 8.78 Å². The number of hydrogen-bond acceptors (Lipinski definition) is 1. The summed E-state index contributed by atoms with van der Waals surface area (Å²) in [4.78, 5) is 4.39. The third-order valence-electron chi connectivity index (χ3n) is 3.81. The summed E-state index contributed by atoms with van der Waals surface area (Å²) in [6.07, 6.45) is 4.85. The van der Waals surface area contributed by atoms with E-state index in [1.807, 2.05) is 0 Å². The lowest BCUT2D eigenvalue weighted by Crippen LogP contribution is -2.36. The molecule has 1 saturated heterocycles. The lowest BCUT2D eigenvalue weighted by molar-refractivity contribution is 0.374. The summed E-state index contributed by atoms with van der Waals surface area (Å²) in [5, 5.41) is 6.72. The molecule has 1 aliphatic heterocycles. The van der Waals surface area contributed by atoms with Crippen LogP contribution in [0.5, 0.6) is 0 Å².